The van der Waals surface area contributed by atoms with Crippen LogP contribution in [0.4, 0.5) is 4.79 Å². The summed E-state index contributed by atoms with van der Waals surface area (Å²) in [6, 6.07) is 15.8. The van der Waals surface area contributed by atoms with Gasteiger partial charge in [0.15, 0.2) is 0 Å². The fourth-order valence-corrected chi connectivity index (χ4v) is 3.55. The number of likely N-dealkylation sites (N-methyl/N-ethyl adjacent to an activating group) is 1. The fourth-order valence-electron chi connectivity index (χ4n) is 2.88. The van der Waals surface area contributed by atoms with Gasteiger partial charge in [0.1, 0.15) is 22.5 Å². The van der Waals surface area contributed by atoms with Gasteiger partial charge >= 0.3 is 6.09 Å². The van der Waals surface area contributed by atoms with Crippen molar-refractivity contribution >= 4 is 21.8 Å². The number of sulfone groups is 1. The van der Waals surface area contributed by atoms with Crippen LogP contribution < -0.4 is 5.32 Å². The average molecular weight is 433 g/mol. The van der Waals surface area contributed by atoms with Gasteiger partial charge in [-0.15, -0.1) is 0 Å². The molecule has 2 aromatic carbocycles. The van der Waals surface area contributed by atoms with Crippen molar-refractivity contribution in [2.75, 3.05) is 19.1 Å². The Morgan fingerprint density at radius 2 is 1.70 bits per heavy atom. The van der Waals surface area contributed by atoms with E-state index < -0.39 is 22.0 Å². The summed E-state index contributed by atoms with van der Waals surface area (Å²) in [5.41, 5.74) is 2.82. The molecule has 0 fully saturated rings. The maximum Gasteiger partial charge on any atom is 0.408 e. The quantitative estimate of drug-likeness (QED) is 0.658. The number of hydrogen-bond acceptors (Lipinski definition) is 5. The van der Waals surface area contributed by atoms with Crippen molar-refractivity contribution in [2.45, 2.75) is 32.5 Å². The summed E-state index contributed by atoms with van der Waals surface area (Å²) in [6.07, 6.45) is 0.296. The Balaban J connectivity index is 2.04. The third-order valence-corrected chi connectivity index (χ3v) is 5.60. The Kier molecular flexibility index (Phi) is 8.41. The number of carbonyl (C=O) groups is 2. The lowest BCUT2D eigenvalue weighted by molar-refractivity contribution is -0.132. The number of amides is 2. The first kappa shape index (κ1) is 23.4. The van der Waals surface area contributed by atoms with E-state index >= 15 is 0 Å². The van der Waals surface area contributed by atoms with E-state index in [1.807, 2.05) is 61.5 Å². The zero-order valence-electron chi connectivity index (χ0n) is 17.5. The Morgan fingerprint density at radius 1 is 1.07 bits per heavy atom. The van der Waals surface area contributed by atoms with Gasteiger partial charge in [0.05, 0.1) is 5.75 Å². The molecule has 0 saturated heterocycles. The molecule has 8 heteroatoms. The smallest absolute Gasteiger partial charge is 0.408 e. The van der Waals surface area contributed by atoms with E-state index in [4.69, 9.17) is 4.74 Å². The lowest BCUT2D eigenvalue weighted by atomic mass is 10.1. The van der Waals surface area contributed by atoms with Crippen LogP contribution in [0, 0.1) is 6.92 Å². The van der Waals surface area contributed by atoms with Gasteiger partial charge in [-0.05, 0) is 30.0 Å². The van der Waals surface area contributed by atoms with E-state index in [1.54, 1.807) is 7.05 Å². The number of ether oxygens (including phenoxy) is 1. The molecular formula is C22H28N2O5S. The van der Waals surface area contributed by atoms with Crippen LogP contribution >= 0.6 is 0 Å². The maximum absolute atomic E-state index is 12.9. The Morgan fingerprint density at radius 3 is 2.33 bits per heavy atom. The van der Waals surface area contributed by atoms with Crippen LogP contribution in [0.5, 0.6) is 0 Å². The van der Waals surface area contributed by atoms with Gasteiger partial charge in [-0.2, -0.15) is 0 Å². The van der Waals surface area contributed by atoms with Crippen LogP contribution in [-0.4, -0.2) is 50.4 Å². The second kappa shape index (κ2) is 10.8. The molecule has 1 atom stereocenters. The molecule has 0 aliphatic heterocycles. The van der Waals surface area contributed by atoms with Gasteiger partial charge < -0.3 is 15.0 Å². The molecule has 30 heavy (non-hydrogen) atoms. The second-order valence-electron chi connectivity index (χ2n) is 7.30. The lowest BCUT2D eigenvalue weighted by Gasteiger charge is -2.25. The molecule has 0 aliphatic carbocycles. The van der Waals surface area contributed by atoms with Crippen molar-refractivity contribution in [3.8, 4) is 0 Å². The minimum atomic E-state index is -3.30. The zero-order valence-corrected chi connectivity index (χ0v) is 18.3. The van der Waals surface area contributed by atoms with Crippen LogP contribution in [-0.2, 0) is 32.5 Å². The maximum atomic E-state index is 12.9. The molecule has 0 saturated carbocycles. The number of rotatable bonds is 9. The van der Waals surface area contributed by atoms with Gasteiger partial charge in [0, 0.05) is 19.8 Å². The van der Waals surface area contributed by atoms with Crippen LogP contribution in [0.25, 0.3) is 0 Å². The third kappa shape index (κ3) is 7.87. The van der Waals surface area contributed by atoms with E-state index in [9.17, 15) is 18.0 Å². The normalized spacial score (nSPS) is 12.1. The molecule has 0 aliphatic rings. The Hall–Kier alpha value is -2.87. The highest BCUT2D eigenvalue weighted by molar-refractivity contribution is 7.90. The lowest BCUT2D eigenvalue weighted by Crippen LogP contribution is -2.48. The Bertz CT molecular complexity index is 961. The van der Waals surface area contributed by atoms with Gasteiger partial charge in [-0.3, -0.25) is 4.79 Å². The summed E-state index contributed by atoms with van der Waals surface area (Å²) >= 11 is 0. The summed E-state index contributed by atoms with van der Waals surface area (Å²) in [4.78, 5) is 26.7. The zero-order chi connectivity index (χ0) is 22.1. The first-order valence-electron chi connectivity index (χ1n) is 9.60. The number of alkyl carbamates (subject to hydrolysis) is 1. The highest BCUT2D eigenvalue weighted by Crippen LogP contribution is 2.11. The number of benzene rings is 2. The molecule has 7 nitrogen and oxygen atoms in total. The van der Waals surface area contributed by atoms with Crippen molar-refractivity contribution in [1.82, 2.24) is 10.2 Å². The number of aryl methyl sites for hydroxylation is 1. The number of hydrogen-bond donors (Lipinski definition) is 1. The molecule has 2 amide bonds. The molecule has 0 bridgehead atoms. The van der Waals surface area contributed by atoms with Gasteiger partial charge in [-0.1, -0.05) is 54.6 Å². The molecule has 0 aromatic heterocycles. The van der Waals surface area contributed by atoms with Gasteiger partial charge in [0.2, 0.25) is 5.91 Å². The molecule has 1 unspecified atom stereocenters. The van der Waals surface area contributed by atoms with Crippen LogP contribution in [0.1, 0.15) is 23.1 Å². The molecule has 162 valence electrons. The molecular weight excluding hydrogens is 404 g/mol. The molecule has 0 spiro atoms. The topological polar surface area (TPSA) is 92.8 Å². The largest absolute Gasteiger partial charge is 0.445 e. The monoisotopic (exact) mass is 432 g/mol. The molecule has 0 radical (unpaired) electrons. The van der Waals surface area contributed by atoms with E-state index in [2.05, 4.69) is 5.32 Å². The standard InChI is InChI=1S/C22H28N2O5S/c1-17-9-7-8-12-19(17)15-24(2)21(25)20(13-14-30(3,27)28)23-22(26)29-16-18-10-5-4-6-11-18/h4-12,20H,13-16H2,1-3H3,(H,23,26). The number of carbonyl (C=O) groups excluding carboxylic acids is 2. The van der Waals surface area contributed by atoms with E-state index in [-0.39, 0.29) is 24.7 Å². The summed E-state index contributed by atoms with van der Waals surface area (Å²) in [7, 11) is -1.67. The van der Waals surface area contributed by atoms with E-state index in [1.165, 1.54) is 4.90 Å². The summed E-state index contributed by atoms with van der Waals surface area (Å²) in [5, 5.41) is 2.52. The summed E-state index contributed by atoms with van der Waals surface area (Å²) in [6.45, 7) is 2.36. The second-order valence-corrected chi connectivity index (χ2v) is 9.56. The first-order chi connectivity index (χ1) is 14.2. The minimum absolute atomic E-state index is 0.0315. The SMILES string of the molecule is Cc1ccccc1CN(C)C(=O)C(CCS(C)(=O)=O)NC(=O)OCc1ccccc1. The number of nitrogens with zero attached hydrogens (tertiary/aromatic N) is 1. The minimum Gasteiger partial charge on any atom is -0.445 e. The van der Waals surface area contributed by atoms with Gasteiger partial charge in [-0.25, -0.2) is 13.2 Å². The molecule has 1 N–H and O–H groups in total. The van der Waals surface area contributed by atoms with Crippen molar-refractivity contribution in [3.05, 3.63) is 71.3 Å². The fraction of sp³-hybridized carbons (Fsp3) is 0.364. The molecule has 0 heterocycles. The summed E-state index contributed by atoms with van der Waals surface area (Å²) in [5.74, 6) is -0.598. The predicted molar refractivity (Wildman–Crippen MR) is 116 cm³/mol. The molecule has 2 aromatic rings. The highest BCUT2D eigenvalue weighted by Gasteiger charge is 2.26. The van der Waals surface area contributed by atoms with Crippen LogP contribution in [0.2, 0.25) is 0 Å². The third-order valence-electron chi connectivity index (χ3n) is 4.63. The average Bonchev–Trinajstić information content (AvgIpc) is 2.70. The first-order valence-corrected chi connectivity index (χ1v) is 11.7. The van der Waals surface area contributed by atoms with Crippen molar-refractivity contribution in [1.29, 1.82) is 0 Å². The van der Waals surface area contributed by atoms with Crippen molar-refractivity contribution < 1.29 is 22.7 Å². The number of nitrogens with one attached hydrogen (secondary N) is 1. The van der Waals surface area contributed by atoms with Gasteiger partial charge in [0.25, 0.3) is 0 Å². The summed E-state index contributed by atoms with van der Waals surface area (Å²) < 4.78 is 28.4. The Labute approximate surface area is 178 Å². The van der Waals surface area contributed by atoms with Crippen molar-refractivity contribution in [2.24, 2.45) is 0 Å². The molecule has 2 rings (SSSR count). The highest BCUT2D eigenvalue weighted by atomic mass is 32.2. The van der Waals surface area contributed by atoms with E-state index in [0.717, 1.165) is 22.9 Å². The van der Waals surface area contributed by atoms with Crippen LogP contribution in [0.15, 0.2) is 54.6 Å². The van der Waals surface area contributed by atoms with E-state index in [0.29, 0.717) is 6.54 Å². The van der Waals surface area contributed by atoms with Crippen LogP contribution in [0.3, 0.4) is 0 Å². The predicted octanol–water partition coefficient (Wildman–Crippen LogP) is 2.68. The van der Waals surface area contributed by atoms with Crippen molar-refractivity contribution in [3.63, 3.8) is 0 Å².